The summed E-state index contributed by atoms with van der Waals surface area (Å²) in [5.41, 5.74) is 2.36. The lowest BCUT2D eigenvalue weighted by molar-refractivity contribution is -0.0584. The predicted octanol–water partition coefficient (Wildman–Crippen LogP) is 15.3. The molecule has 1 amide bonds. The summed E-state index contributed by atoms with van der Waals surface area (Å²) in [5.74, 6) is 5.79. The molecule has 0 spiro atoms. The quantitative estimate of drug-likeness (QED) is 0.0522. The molecule has 0 aromatic heterocycles. The average Bonchev–Trinajstić information content (AvgIpc) is 3.65. The third kappa shape index (κ3) is 18.1. The van der Waals surface area contributed by atoms with Crippen molar-refractivity contribution in [1.82, 2.24) is 10.2 Å². The van der Waals surface area contributed by atoms with Crippen LogP contribution in [-0.2, 0) is 18.9 Å². The molecule has 0 aromatic rings. The molecular formula is C59H106N2O5. The highest BCUT2D eigenvalue weighted by Crippen LogP contribution is 2.67. The van der Waals surface area contributed by atoms with Crippen molar-refractivity contribution < 1.29 is 23.7 Å². The number of nitrogens with zero attached hydrogens (tertiary/aromatic N) is 1. The number of rotatable bonds is 33. The number of amides is 1. The summed E-state index contributed by atoms with van der Waals surface area (Å²) in [4.78, 5) is 15.5. The minimum absolute atomic E-state index is 0.0319. The van der Waals surface area contributed by atoms with E-state index in [0.29, 0.717) is 38.4 Å². The highest BCUT2D eigenvalue weighted by Gasteiger charge is 2.59. The van der Waals surface area contributed by atoms with Gasteiger partial charge in [0.15, 0.2) is 0 Å². The topological polar surface area (TPSA) is 69.3 Å². The lowest BCUT2D eigenvalue weighted by Crippen LogP contribution is -2.51. The van der Waals surface area contributed by atoms with Gasteiger partial charge in [-0.3, -0.25) is 0 Å². The Morgan fingerprint density at radius 2 is 1.55 bits per heavy atom. The van der Waals surface area contributed by atoms with Gasteiger partial charge in [0.1, 0.15) is 6.10 Å². The lowest BCUT2D eigenvalue weighted by atomic mass is 9.47. The van der Waals surface area contributed by atoms with Gasteiger partial charge in [-0.1, -0.05) is 149 Å². The van der Waals surface area contributed by atoms with E-state index in [-0.39, 0.29) is 23.7 Å². The Balaban J connectivity index is 0.910. The van der Waals surface area contributed by atoms with Crippen molar-refractivity contribution in [2.24, 2.45) is 52.3 Å². The molecule has 7 heteroatoms. The Morgan fingerprint density at radius 3 is 2.29 bits per heavy atom. The highest BCUT2D eigenvalue weighted by atomic mass is 16.6. The van der Waals surface area contributed by atoms with Crippen LogP contribution in [0.5, 0.6) is 0 Å². The lowest BCUT2D eigenvalue weighted by Gasteiger charge is -2.58. The van der Waals surface area contributed by atoms with Gasteiger partial charge >= 0.3 is 6.09 Å². The van der Waals surface area contributed by atoms with Crippen molar-refractivity contribution in [3.05, 3.63) is 23.8 Å². The number of ether oxygens (including phenoxy) is 4. The van der Waals surface area contributed by atoms with E-state index in [9.17, 15) is 4.79 Å². The molecule has 0 bridgehead atoms. The Labute approximate surface area is 407 Å². The molecule has 1 N–H and O–H groups in total. The van der Waals surface area contributed by atoms with Gasteiger partial charge in [0, 0.05) is 32.7 Å². The van der Waals surface area contributed by atoms with Crippen LogP contribution >= 0.6 is 0 Å². The molecule has 1 aliphatic heterocycles. The van der Waals surface area contributed by atoms with E-state index in [4.69, 9.17) is 18.9 Å². The Kier molecular flexibility index (Phi) is 25.5. The maximum atomic E-state index is 13.0. The van der Waals surface area contributed by atoms with Crippen molar-refractivity contribution in [3.63, 3.8) is 0 Å². The van der Waals surface area contributed by atoms with E-state index < -0.39 is 0 Å². The molecule has 7 nitrogen and oxygen atoms in total. The third-order valence-electron chi connectivity index (χ3n) is 17.9. The van der Waals surface area contributed by atoms with Crippen LogP contribution < -0.4 is 5.32 Å². The number of hydrogen-bond donors (Lipinski definition) is 1. The molecule has 10 atom stereocenters. The van der Waals surface area contributed by atoms with Gasteiger partial charge in [0.2, 0.25) is 0 Å². The summed E-state index contributed by atoms with van der Waals surface area (Å²) >= 11 is 0. The molecule has 4 aliphatic carbocycles. The van der Waals surface area contributed by atoms with Crippen LogP contribution in [0.1, 0.15) is 222 Å². The van der Waals surface area contributed by atoms with Gasteiger partial charge in [0.05, 0.1) is 32.5 Å². The smallest absolute Gasteiger partial charge is 0.407 e. The van der Waals surface area contributed by atoms with Crippen LogP contribution in [0.3, 0.4) is 0 Å². The normalized spacial score (nSPS) is 29.9. The first-order chi connectivity index (χ1) is 32.0. The maximum absolute atomic E-state index is 13.0. The van der Waals surface area contributed by atoms with Gasteiger partial charge in [0.25, 0.3) is 0 Å². The number of carbonyl (C=O) groups excluding carboxylic acids is 1. The van der Waals surface area contributed by atoms with Crippen LogP contribution in [0.15, 0.2) is 23.8 Å². The Morgan fingerprint density at radius 1 is 0.803 bits per heavy atom. The molecule has 66 heavy (non-hydrogen) atoms. The summed E-state index contributed by atoms with van der Waals surface area (Å²) in [5, 5.41) is 2.98. The standard InChI is InChI=1S/C59H106N2O5/c1-8-9-10-11-12-13-14-15-16-17-18-19-20-21-22-23-39-64-46-52(45-61-38-25-27-48(4)44-61)65-42-41-63-40-37-60-57(62)66-51-33-35-58(6)50(43-51)29-30-53-55-32-31-54(49(5)28-24-26-47(2)3)59(55,7)36-34-56(53)58/h15-16,29,47-49,51-56H,8-14,17-28,30-46H2,1-7H3,(H,60,62)/b16-15-/t48?,49-,51+,52?,53+,54-,55+,56+,58+,59-/m1/s1. The number of carbonyl (C=O) groups is 1. The molecule has 382 valence electrons. The van der Waals surface area contributed by atoms with Gasteiger partial charge in [-0.25, -0.2) is 4.79 Å². The zero-order chi connectivity index (χ0) is 47.0. The summed E-state index contributed by atoms with van der Waals surface area (Å²) in [6.45, 7) is 23.8. The average molecular weight is 924 g/mol. The van der Waals surface area contributed by atoms with E-state index in [1.165, 1.54) is 148 Å². The largest absolute Gasteiger partial charge is 0.446 e. The SMILES string of the molecule is CCCCCCCC/C=C\CCCCCCCCOCC(CN1CCCC(C)C1)OCCOCCNC(=O)O[C@H]1CC[C@@]2(C)C(=CC[C@H]3[C@@H]4CC[C@H]([C@H](C)CCCC(C)C)[C@@]4(C)CC[C@@H]32)C1. The first-order valence-corrected chi connectivity index (χ1v) is 28.8. The van der Waals surface area contributed by atoms with Crippen LogP contribution in [0, 0.1) is 52.3 Å². The first-order valence-electron chi connectivity index (χ1n) is 28.8. The van der Waals surface area contributed by atoms with E-state index in [0.717, 1.165) is 93.3 Å². The number of piperidine rings is 1. The fourth-order valence-electron chi connectivity index (χ4n) is 14.1. The van der Waals surface area contributed by atoms with E-state index in [1.54, 1.807) is 5.57 Å². The highest BCUT2D eigenvalue weighted by molar-refractivity contribution is 5.67. The van der Waals surface area contributed by atoms with Gasteiger partial charge in [-0.2, -0.15) is 0 Å². The molecule has 0 aromatic carbocycles. The summed E-state index contributed by atoms with van der Waals surface area (Å²) < 4.78 is 24.6. The van der Waals surface area contributed by atoms with E-state index in [1.807, 2.05) is 0 Å². The van der Waals surface area contributed by atoms with Crippen molar-refractivity contribution in [2.45, 2.75) is 234 Å². The van der Waals surface area contributed by atoms with Gasteiger partial charge in [-0.15, -0.1) is 0 Å². The second kappa shape index (κ2) is 30.4. The fraction of sp³-hybridized carbons (Fsp3) is 0.915. The van der Waals surface area contributed by atoms with Gasteiger partial charge < -0.3 is 29.2 Å². The summed E-state index contributed by atoms with van der Waals surface area (Å²) in [7, 11) is 0. The van der Waals surface area contributed by atoms with Crippen molar-refractivity contribution >= 4 is 6.09 Å². The zero-order valence-electron chi connectivity index (χ0n) is 44.4. The maximum Gasteiger partial charge on any atom is 0.407 e. The van der Waals surface area contributed by atoms with Crippen molar-refractivity contribution in [3.8, 4) is 0 Å². The molecular weight excluding hydrogens is 817 g/mol. The number of nitrogens with one attached hydrogen (secondary N) is 1. The van der Waals surface area contributed by atoms with Crippen LogP contribution in [-0.4, -0.2) is 82.4 Å². The Hall–Kier alpha value is -1.41. The predicted molar refractivity (Wildman–Crippen MR) is 277 cm³/mol. The number of hydrogen-bond acceptors (Lipinski definition) is 6. The molecule has 1 saturated heterocycles. The third-order valence-corrected chi connectivity index (χ3v) is 17.9. The number of unbranched alkanes of at least 4 members (excludes halogenated alkanes) is 12. The molecule has 5 rings (SSSR count). The second-order valence-corrected chi connectivity index (χ2v) is 23.6. The molecule has 2 unspecified atom stereocenters. The van der Waals surface area contributed by atoms with Crippen LogP contribution in [0.25, 0.3) is 0 Å². The molecule has 0 radical (unpaired) electrons. The Bertz CT molecular complexity index is 1380. The number of allylic oxidation sites excluding steroid dienone is 3. The fourth-order valence-corrected chi connectivity index (χ4v) is 14.1. The summed E-state index contributed by atoms with van der Waals surface area (Å²) in [6.07, 6.45) is 42.3. The number of fused-ring (bicyclic) bond motifs is 5. The van der Waals surface area contributed by atoms with Crippen LogP contribution in [0.2, 0.25) is 0 Å². The minimum atomic E-state index is -0.305. The number of alkyl carbamates (subject to hydrolysis) is 1. The van der Waals surface area contributed by atoms with Crippen LogP contribution in [0.4, 0.5) is 4.79 Å². The van der Waals surface area contributed by atoms with E-state index in [2.05, 4.69) is 76.9 Å². The van der Waals surface area contributed by atoms with Crippen molar-refractivity contribution in [2.75, 3.05) is 59.2 Å². The summed E-state index contributed by atoms with van der Waals surface area (Å²) in [6, 6.07) is 0. The second-order valence-electron chi connectivity index (χ2n) is 23.6. The zero-order valence-corrected chi connectivity index (χ0v) is 44.4. The molecule has 5 aliphatic rings. The molecule has 4 fully saturated rings. The van der Waals surface area contributed by atoms with Crippen molar-refractivity contribution in [1.29, 1.82) is 0 Å². The van der Waals surface area contributed by atoms with Gasteiger partial charge in [-0.05, 0) is 149 Å². The minimum Gasteiger partial charge on any atom is -0.446 e. The van der Waals surface area contributed by atoms with E-state index >= 15 is 0 Å². The molecule has 3 saturated carbocycles. The monoisotopic (exact) mass is 923 g/mol. The first kappa shape index (κ1) is 55.5. The number of likely N-dealkylation sites (tertiary alicyclic amines) is 1. The molecule has 1 heterocycles.